The predicted octanol–water partition coefficient (Wildman–Crippen LogP) is 1.77. The number of rotatable bonds is 3. The summed E-state index contributed by atoms with van der Waals surface area (Å²) in [5.74, 6) is 2.41. The van der Waals surface area contributed by atoms with Gasteiger partial charge in [-0.15, -0.1) is 0 Å². The van der Waals surface area contributed by atoms with Gasteiger partial charge in [-0.1, -0.05) is 0 Å². The zero-order chi connectivity index (χ0) is 14.9. The largest absolute Gasteiger partial charge is 0.492 e. The van der Waals surface area contributed by atoms with Crippen molar-refractivity contribution in [2.45, 2.75) is 36.6 Å². The van der Waals surface area contributed by atoms with Gasteiger partial charge in [0.25, 0.3) is 0 Å². The van der Waals surface area contributed by atoms with Crippen LogP contribution in [0.1, 0.15) is 24.8 Å². The zero-order valence-electron chi connectivity index (χ0n) is 11.8. The van der Waals surface area contributed by atoms with E-state index >= 15 is 0 Å². The van der Waals surface area contributed by atoms with Gasteiger partial charge in [-0.2, -0.15) is 11.8 Å². The summed E-state index contributed by atoms with van der Waals surface area (Å²) in [6, 6.07) is 3.31. The third kappa shape index (κ3) is 3.30. The van der Waals surface area contributed by atoms with Gasteiger partial charge in [0.1, 0.15) is 10.6 Å². The molecule has 7 heteroatoms. The minimum atomic E-state index is -3.59. The van der Waals surface area contributed by atoms with Gasteiger partial charge in [0.2, 0.25) is 10.0 Å². The number of thioether (sulfide) groups is 1. The second-order valence-electron chi connectivity index (χ2n) is 5.49. The Labute approximate surface area is 129 Å². The van der Waals surface area contributed by atoms with Crippen molar-refractivity contribution < 1.29 is 13.2 Å². The summed E-state index contributed by atoms with van der Waals surface area (Å²) in [4.78, 5) is 0.188. The van der Waals surface area contributed by atoms with E-state index in [0.717, 1.165) is 42.8 Å². The number of aryl methyl sites for hydroxylation is 1. The molecule has 1 fully saturated rings. The number of anilines is 1. The highest BCUT2D eigenvalue weighted by molar-refractivity contribution is 7.99. The summed E-state index contributed by atoms with van der Waals surface area (Å²) >= 11 is 1.79. The fourth-order valence-corrected chi connectivity index (χ4v) is 5.46. The van der Waals surface area contributed by atoms with E-state index < -0.39 is 10.0 Å². The molecule has 2 aliphatic rings. The topological polar surface area (TPSA) is 81.4 Å². The first-order chi connectivity index (χ1) is 10.1. The van der Waals surface area contributed by atoms with Crippen LogP contribution in [0.5, 0.6) is 5.75 Å². The van der Waals surface area contributed by atoms with Crippen LogP contribution < -0.4 is 15.2 Å². The van der Waals surface area contributed by atoms with Gasteiger partial charge in [-0.25, -0.2) is 13.1 Å². The van der Waals surface area contributed by atoms with Crippen molar-refractivity contribution in [3.63, 3.8) is 0 Å². The predicted molar refractivity (Wildman–Crippen MR) is 85.3 cm³/mol. The highest BCUT2D eigenvalue weighted by atomic mass is 32.2. The van der Waals surface area contributed by atoms with Crippen LogP contribution in [-0.2, 0) is 16.4 Å². The molecule has 2 heterocycles. The van der Waals surface area contributed by atoms with E-state index in [2.05, 4.69) is 4.72 Å². The lowest BCUT2D eigenvalue weighted by molar-refractivity contribution is 0.280. The van der Waals surface area contributed by atoms with Crippen molar-refractivity contribution >= 4 is 27.5 Å². The normalized spacial score (nSPS) is 22.4. The SMILES string of the molecule is Nc1cc2c(c(S(=O)(=O)NC3CCCSC3)c1)OCCC2. The molecule has 0 radical (unpaired) electrons. The molecule has 0 bridgehead atoms. The number of ether oxygens (including phenoxy) is 1. The molecule has 0 amide bonds. The fraction of sp³-hybridized carbons (Fsp3) is 0.571. The second kappa shape index (κ2) is 6.06. The van der Waals surface area contributed by atoms with Crippen LogP contribution in [0.15, 0.2) is 17.0 Å². The molecule has 2 aliphatic heterocycles. The Morgan fingerprint density at radius 2 is 2.19 bits per heavy atom. The molecular formula is C14H20N2O3S2. The van der Waals surface area contributed by atoms with Crippen LogP contribution in [0, 0.1) is 0 Å². The third-order valence-corrected chi connectivity index (χ3v) is 6.50. The van der Waals surface area contributed by atoms with E-state index in [1.54, 1.807) is 11.8 Å². The van der Waals surface area contributed by atoms with E-state index in [9.17, 15) is 8.42 Å². The summed E-state index contributed by atoms with van der Waals surface area (Å²) in [7, 11) is -3.59. The van der Waals surface area contributed by atoms with E-state index in [0.29, 0.717) is 18.0 Å². The van der Waals surface area contributed by atoms with Gasteiger partial charge in [0.05, 0.1) is 6.61 Å². The minimum Gasteiger partial charge on any atom is -0.492 e. The molecule has 1 aromatic carbocycles. The number of nitrogens with two attached hydrogens (primary N) is 1. The monoisotopic (exact) mass is 328 g/mol. The Bertz CT molecular complexity index is 625. The lowest BCUT2D eigenvalue weighted by Gasteiger charge is -2.25. The van der Waals surface area contributed by atoms with Crippen LogP contribution >= 0.6 is 11.8 Å². The maximum absolute atomic E-state index is 12.7. The first-order valence-corrected chi connectivity index (χ1v) is 9.85. The van der Waals surface area contributed by atoms with Gasteiger partial charge in [-0.05, 0) is 49.1 Å². The average molecular weight is 328 g/mol. The molecule has 1 unspecified atom stereocenters. The van der Waals surface area contributed by atoms with Gasteiger partial charge >= 0.3 is 0 Å². The Balaban J connectivity index is 1.92. The molecule has 0 aliphatic carbocycles. The summed E-state index contributed by atoms with van der Waals surface area (Å²) in [6.07, 6.45) is 3.63. The van der Waals surface area contributed by atoms with E-state index in [-0.39, 0.29) is 10.9 Å². The molecule has 116 valence electrons. The van der Waals surface area contributed by atoms with Crippen molar-refractivity contribution in [2.75, 3.05) is 23.8 Å². The molecule has 21 heavy (non-hydrogen) atoms. The molecule has 5 nitrogen and oxygen atoms in total. The fourth-order valence-electron chi connectivity index (χ4n) is 2.79. The molecule has 3 rings (SSSR count). The standard InChI is InChI=1S/C14H20N2O3S2/c15-11-7-10-3-1-5-19-14(10)13(8-11)21(17,18)16-12-4-2-6-20-9-12/h7-8,12,16H,1-6,9,15H2. The minimum absolute atomic E-state index is 0.00517. The number of hydrogen-bond acceptors (Lipinski definition) is 5. The number of nitrogen functional groups attached to an aromatic ring is 1. The molecule has 0 saturated carbocycles. The maximum Gasteiger partial charge on any atom is 0.244 e. The van der Waals surface area contributed by atoms with Gasteiger partial charge in [0, 0.05) is 17.5 Å². The van der Waals surface area contributed by atoms with Crippen molar-refractivity contribution in [1.82, 2.24) is 4.72 Å². The number of nitrogens with one attached hydrogen (secondary N) is 1. The Hall–Kier alpha value is -0.920. The summed E-state index contributed by atoms with van der Waals surface area (Å²) in [6.45, 7) is 0.554. The smallest absolute Gasteiger partial charge is 0.244 e. The van der Waals surface area contributed by atoms with Crippen molar-refractivity contribution in [2.24, 2.45) is 0 Å². The van der Waals surface area contributed by atoms with Crippen LogP contribution in [-0.4, -0.2) is 32.6 Å². The summed E-state index contributed by atoms with van der Waals surface area (Å²) < 4.78 is 33.7. The molecule has 3 N–H and O–H groups in total. The second-order valence-corrected chi connectivity index (χ2v) is 8.33. The zero-order valence-corrected chi connectivity index (χ0v) is 13.4. The Morgan fingerprint density at radius 1 is 1.33 bits per heavy atom. The highest BCUT2D eigenvalue weighted by Crippen LogP contribution is 2.34. The van der Waals surface area contributed by atoms with E-state index in [1.807, 2.05) is 6.07 Å². The Morgan fingerprint density at radius 3 is 2.95 bits per heavy atom. The molecule has 0 spiro atoms. The van der Waals surface area contributed by atoms with Gasteiger partial charge < -0.3 is 10.5 Å². The summed E-state index contributed by atoms with van der Waals surface area (Å²) in [5.41, 5.74) is 7.22. The molecule has 1 aromatic rings. The number of fused-ring (bicyclic) bond motifs is 1. The first-order valence-electron chi connectivity index (χ1n) is 7.21. The molecule has 0 aromatic heterocycles. The van der Waals surface area contributed by atoms with Crippen molar-refractivity contribution in [1.29, 1.82) is 0 Å². The summed E-state index contributed by atoms with van der Waals surface area (Å²) in [5, 5.41) is 0. The third-order valence-electron chi connectivity index (χ3n) is 3.76. The number of sulfonamides is 1. The van der Waals surface area contributed by atoms with Gasteiger partial charge in [0.15, 0.2) is 0 Å². The van der Waals surface area contributed by atoms with Crippen molar-refractivity contribution in [3.05, 3.63) is 17.7 Å². The number of hydrogen-bond donors (Lipinski definition) is 2. The number of benzene rings is 1. The van der Waals surface area contributed by atoms with Crippen LogP contribution in [0.2, 0.25) is 0 Å². The van der Waals surface area contributed by atoms with Crippen LogP contribution in [0.3, 0.4) is 0 Å². The molecular weight excluding hydrogens is 308 g/mol. The average Bonchev–Trinajstić information content (AvgIpc) is 2.47. The maximum atomic E-state index is 12.7. The lowest BCUT2D eigenvalue weighted by Crippen LogP contribution is -2.38. The molecule has 1 atom stereocenters. The van der Waals surface area contributed by atoms with Crippen molar-refractivity contribution in [3.8, 4) is 5.75 Å². The quantitative estimate of drug-likeness (QED) is 0.827. The Kier molecular flexibility index (Phi) is 4.33. The highest BCUT2D eigenvalue weighted by Gasteiger charge is 2.28. The van der Waals surface area contributed by atoms with Gasteiger partial charge in [-0.3, -0.25) is 0 Å². The lowest BCUT2D eigenvalue weighted by atomic mass is 10.1. The van der Waals surface area contributed by atoms with Crippen LogP contribution in [0.4, 0.5) is 5.69 Å². The molecule has 1 saturated heterocycles. The first kappa shape index (κ1) is 15.0. The van der Waals surface area contributed by atoms with E-state index in [4.69, 9.17) is 10.5 Å². The van der Waals surface area contributed by atoms with E-state index in [1.165, 1.54) is 6.07 Å². The van der Waals surface area contributed by atoms with Crippen LogP contribution in [0.25, 0.3) is 0 Å².